The van der Waals surface area contributed by atoms with Gasteiger partial charge in [-0.3, -0.25) is 4.79 Å². The summed E-state index contributed by atoms with van der Waals surface area (Å²) < 4.78 is 27.6. The molecular formula is C13H22O7. The van der Waals surface area contributed by atoms with E-state index in [0.717, 1.165) is 0 Å². The Balaban J connectivity index is 2.36. The van der Waals surface area contributed by atoms with Gasteiger partial charge >= 0.3 is 5.97 Å². The van der Waals surface area contributed by atoms with Crippen molar-refractivity contribution in [3.05, 3.63) is 0 Å². The molecule has 2 aliphatic heterocycles. The van der Waals surface area contributed by atoms with Gasteiger partial charge in [-0.1, -0.05) is 0 Å². The summed E-state index contributed by atoms with van der Waals surface area (Å²) in [6.45, 7) is 4.96. The molecule has 2 aliphatic rings. The minimum atomic E-state index is -1.33. The third-order valence-corrected chi connectivity index (χ3v) is 3.82. The second-order valence-electron chi connectivity index (χ2n) is 5.82. The van der Waals surface area contributed by atoms with Gasteiger partial charge in [-0.25, -0.2) is 0 Å². The minimum absolute atomic E-state index is 0.143. The molecule has 0 amide bonds. The number of esters is 1. The van der Waals surface area contributed by atoms with E-state index >= 15 is 0 Å². The largest absolute Gasteiger partial charge is 0.469 e. The molecule has 0 aromatic rings. The van der Waals surface area contributed by atoms with Crippen LogP contribution in [0.15, 0.2) is 0 Å². The molecule has 20 heavy (non-hydrogen) atoms. The fourth-order valence-electron chi connectivity index (χ4n) is 2.80. The van der Waals surface area contributed by atoms with Gasteiger partial charge in [0.05, 0.1) is 13.7 Å². The van der Waals surface area contributed by atoms with Crippen molar-refractivity contribution >= 4 is 5.97 Å². The number of carbonyl (C=O) groups excluding carboxylic acids is 1. The van der Waals surface area contributed by atoms with Crippen molar-refractivity contribution in [2.24, 2.45) is 0 Å². The van der Waals surface area contributed by atoms with Crippen LogP contribution in [0.5, 0.6) is 0 Å². The molecule has 7 heteroatoms. The minimum Gasteiger partial charge on any atom is -0.469 e. The Morgan fingerprint density at radius 2 is 1.80 bits per heavy atom. The maximum absolute atomic E-state index is 11.6. The van der Waals surface area contributed by atoms with E-state index in [1.54, 1.807) is 20.8 Å². The smallest absolute Gasteiger partial charge is 0.311 e. The van der Waals surface area contributed by atoms with E-state index in [1.165, 1.54) is 14.2 Å². The van der Waals surface area contributed by atoms with E-state index in [2.05, 4.69) is 4.74 Å². The molecule has 0 aliphatic carbocycles. The van der Waals surface area contributed by atoms with Crippen molar-refractivity contribution in [1.29, 1.82) is 0 Å². The zero-order valence-electron chi connectivity index (χ0n) is 12.5. The van der Waals surface area contributed by atoms with Crippen molar-refractivity contribution in [3.8, 4) is 0 Å². The summed E-state index contributed by atoms with van der Waals surface area (Å²) in [5.74, 6) is -2.65. The number of aliphatic hydroxyl groups is 1. The lowest BCUT2D eigenvalue weighted by Gasteiger charge is -2.35. The molecule has 2 saturated heterocycles. The Kier molecular flexibility index (Phi) is 3.85. The maximum atomic E-state index is 11.6. The molecule has 116 valence electrons. The molecule has 2 heterocycles. The van der Waals surface area contributed by atoms with Gasteiger partial charge in [-0.05, 0) is 20.8 Å². The highest BCUT2D eigenvalue weighted by atomic mass is 16.8. The first-order valence-electron chi connectivity index (χ1n) is 6.50. The van der Waals surface area contributed by atoms with E-state index in [0.29, 0.717) is 0 Å². The maximum Gasteiger partial charge on any atom is 0.311 e. The fourth-order valence-corrected chi connectivity index (χ4v) is 2.80. The van der Waals surface area contributed by atoms with E-state index in [-0.39, 0.29) is 13.0 Å². The molecular weight excluding hydrogens is 268 g/mol. The topological polar surface area (TPSA) is 83.5 Å². The van der Waals surface area contributed by atoms with Crippen LogP contribution in [0.25, 0.3) is 0 Å². The van der Waals surface area contributed by atoms with Crippen LogP contribution in [0.2, 0.25) is 0 Å². The van der Waals surface area contributed by atoms with Gasteiger partial charge in [0.2, 0.25) is 5.79 Å². The summed E-state index contributed by atoms with van der Waals surface area (Å²) in [6, 6.07) is 0. The van der Waals surface area contributed by atoms with Crippen molar-refractivity contribution in [3.63, 3.8) is 0 Å². The molecule has 0 radical (unpaired) electrons. The Bertz CT molecular complexity index is 396. The number of rotatable bonds is 4. The Labute approximate surface area is 118 Å². The van der Waals surface area contributed by atoms with Gasteiger partial charge in [0.1, 0.15) is 24.2 Å². The summed E-state index contributed by atoms with van der Waals surface area (Å²) in [6.07, 6.45) is -1.30. The van der Waals surface area contributed by atoms with E-state index < -0.39 is 35.4 Å². The molecule has 2 rings (SSSR count). The Morgan fingerprint density at radius 1 is 1.20 bits per heavy atom. The molecule has 0 saturated carbocycles. The number of methoxy groups -OCH3 is 2. The van der Waals surface area contributed by atoms with E-state index in [4.69, 9.17) is 18.9 Å². The predicted molar refractivity (Wildman–Crippen MR) is 66.8 cm³/mol. The lowest BCUT2D eigenvalue weighted by molar-refractivity contribution is -0.306. The second-order valence-corrected chi connectivity index (χ2v) is 5.82. The van der Waals surface area contributed by atoms with E-state index in [1.807, 2.05) is 0 Å². The molecule has 4 atom stereocenters. The summed E-state index contributed by atoms with van der Waals surface area (Å²) >= 11 is 0. The Hall–Kier alpha value is -0.730. The highest BCUT2D eigenvalue weighted by Crippen LogP contribution is 2.50. The number of hydrogen-bond acceptors (Lipinski definition) is 7. The fraction of sp³-hybridized carbons (Fsp3) is 0.923. The van der Waals surface area contributed by atoms with Crippen LogP contribution >= 0.6 is 0 Å². The summed E-state index contributed by atoms with van der Waals surface area (Å²) in [4.78, 5) is 11.6. The normalized spacial score (nSPS) is 42.5. The molecule has 0 unspecified atom stereocenters. The first-order valence-corrected chi connectivity index (χ1v) is 6.50. The average Bonchev–Trinajstić information content (AvgIpc) is 2.83. The summed E-state index contributed by atoms with van der Waals surface area (Å²) in [5, 5.41) is 9.63. The van der Waals surface area contributed by atoms with Gasteiger partial charge in [-0.15, -0.1) is 0 Å². The predicted octanol–water partition coefficient (Wildman–Crippen LogP) is 0.193. The standard InChI is InChI=1S/C13H22O7/c1-11(2)18-9-10(19-11)13(17-5,6-8(15)16-4)20-12(9,3)7-14/h9-10,14H,6-7H2,1-5H3/t9-,10+,12+,13-/m1/s1. The van der Waals surface area contributed by atoms with Crippen LogP contribution < -0.4 is 0 Å². The first-order chi connectivity index (χ1) is 9.22. The first kappa shape index (κ1) is 15.7. The zero-order chi connectivity index (χ0) is 15.2. The molecule has 0 spiro atoms. The summed E-state index contributed by atoms with van der Waals surface area (Å²) in [7, 11) is 2.72. The average molecular weight is 290 g/mol. The number of aliphatic hydroxyl groups excluding tert-OH is 1. The number of hydrogen-bond donors (Lipinski definition) is 1. The van der Waals surface area contributed by atoms with Gasteiger partial charge in [0, 0.05) is 7.11 Å². The third kappa shape index (κ3) is 2.33. The van der Waals surface area contributed by atoms with Crippen molar-refractivity contribution in [1.82, 2.24) is 0 Å². The Morgan fingerprint density at radius 3 is 2.30 bits per heavy atom. The van der Waals surface area contributed by atoms with Crippen LogP contribution in [0, 0.1) is 0 Å². The lowest BCUT2D eigenvalue weighted by atomic mass is 9.95. The highest BCUT2D eigenvalue weighted by Gasteiger charge is 2.68. The summed E-state index contributed by atoms with van der Waals surface area (Å²) in [5.41, 5.74) is -1.01. The second kappa shape index (κ2) is 4.92. The number of carbonyl (C=O) groups is 1. The van der Waals surface area contributed by atoms with Gasteiger partial charge in [0.25, 0.3) is 0 Å². The van der Waals surface area contributed by atoms with Gasteiger partial charge in [0.15, 0.2) is 5.79 Å². The molecule has 7 nitrogen and oxygen atoms in total. The molecule has 0 aromatic carbocycles. The highest BCUT2D eigenvalue weighted by molar-refractivity contribution is 5.70. The van der Waals surface area contributed by atoms with Crippen LogP contribution in [-0.2, 0) is 28.5 Å². The molecule has 1 N–H and O–H groups in total. The number of ether oxygens (including phenoxy) is 5. The molecule has 0 aromatic heterocycles. The lowest BCUT2D eigenvalue weighted by Crippen LogP contribution is -2.47. The zero-order valence-corrected chi connectivity index (χ0v) is 12.5. The van der Waals surface area contributed by atoms with Crippen LogP contribution in [0.4, 0.5) is 0 Å². The van der Waals surface area contributed by atoms with Crippen molar-refractivity contribution in [2.75, 3.05) is 20.8 Å². The molecule has 0 bridgehead atoms. The van der Waals surface area contributed by atoms with Gasteiger partial charge < -0.3 is 28.8 Å². The van der Waals surface area contributed by atoms with Gasteiger partial charge in [-0.2, -0.15) is 0 Å². The van der Waals surface area contributed by atoms with Crippen LogP contribution in [0.3, 0.4) is 0 Å². The van der Waals surface area contributed by atoms with E-state index in [9.17, 15) is 9.90 Å². The third-order valence-electron chi connectivity index (χ3n) is 3.82. The van der Waals surface area contributed by atoms with Crippen molar-refractivity contribution in [2.45, 2.75) is 56.6 Å². The number of fused-ring (bicyclic) bond motifs is 1. The molecule has 2 fully saturated rings. The van der Waals surface area contributed by atoms with Crippen LogP contribution in [-0.4, -0.2) is 61.3 Å². The quantitative estimate of drug-likeness (QED) is 0.740. The monoisotopic (exact) mass is 290 g/mol. The SMILES string of the molecule is COC(=O)C[C@@]1(OC)O[C@@](C)(CO)[C@@H]2OC(C)(C)O[C@@H]21. The van der Waals surface area contributed by atoms with Crippen LogP contribution in [0.1, 0.15) is 27.2 Å². The van der Waals surface area contributed by atoms with Crippen molar-refractivity contribution < 1.29 is 33.6 Å².